The van der Waals surface area contributed by atoms with Crippen LogP contribution >= 0.6 is 0 Å². The van der Waals surface area contributed by atoms with Crippen LogP contribution in [0, 0.1) is 36.5 Å². The van der Waals surface area contributed by atoms with Gasteiger partial charge in [0.25, 0.3) is 0 Å². The minimum absolute atomic E-state index is 0.0150. The maximum absolute atomic E-state index is 12.7. The predicted octanol–water partition coefficient (Wildman–Crippen LogP) is 3.10. The minimum atomic E-state index is 0.0150. The Balaban J connectivity index is 2.05. The highest BCUT2D eigenvalue weighted by Crippen LogP contribution is 2.32. The second-order valence-electron chi connectivity index (χ2n) is 6.67. The van der Waals surface area contributed by atoms with E-state index >= 15 is 0 Å². The Bertz CT molecular complexity index is 668. The zero-order valence-corrected chi connectivity index (χ0v) is 15.2. The van der Waals surface area contributed by atoms with Crippen molar-refractivity contribution in [1.82, 2.24) is 9.80 Å². The Morgan fingerprint density at radius 2 is 1.88 bits per heavy atom. The van der Waals surface area contributed by atoms with Gasteiger partial charge in [0.1, 0.15) is 0 Å². The van der Waals surface area contributed by atoms with E-state index in [4.69, 9.17) is 10.5 Å². The Morgan fingerprint density at radius 1 is 1.20 bits per heavy atom. The Morgan fingerprint density at radius 3 is 2.48 bits per heavy atom. The quantitative estimate of drug-likeness (QED) is 0.766. The second kappa shape index (κ2) is 9.20. The number of hydrogen-bond acceptors (Lipinski definition) is 4. The summed E-state index contributed by atoms with van der Waals surface area (Å²) < 4.78 is 0. The predicted molar refractivity (Wildman–Crippen MR) is 96.5 cm³/mol. The van der Waals surface area contributed by atoms with Crippen LogP contribution in [0.2, 0.25) is 0 Å². The molecule has 1 aromatic carbocycles. The van der Waals surface area contributed by atoms with Crippen molar-refractivity contribution in [1.29, 1.82) is 10.5 Å². The molecule has 0 radical (unpaired) electrons. The van der Waals surface area contributed by atoms with Gasteiger partial charge in [0.2, 0.25) is 5.91 Å². The third-order valence-electron chi connectivity index (χ3n) is 4.96. The van der Waals surface area contributed by atoms with Crippen LogP contribution < -0.4 is 0 Å². The number of likely N-dealkylation sites (tertiary alicyclic amines) is 1. The molecule has 1 amide bonds. The number of nitriles is 2. The van der Waals surface area contributed by atoms with E-state index in [2.05, 4.69) is 49.1 Å². The lowest BCUT2D eigenvalue weighted by molar-refractivity contribution is -0.132. The van der Waals surface area contributed by atoms with Crippen LogP contribution in [0.4, 0.5) is 0 Å². The highest BCUT2D eigenvalue weighted by Gasteiger charge is 2.29. The lowest BCUT2D eigenvalue weighted by atomic mass is 9.99. The highest BCUT2D eigenvalue weighted by atomic mass is 16.2. The molecule has 0 aliphatic carbocycles. The molecule has 2 rings (SSSR count). The van der Waals surface area contributed by atoms with Crippen molar-refractivity contribution >= 4 is 5.91 Å². The van der Waals surface area contributed by atoms with E-state index < -0.39 is 0 Å². The summed E-state index contributed by atoms with van der Waals surface area (Å²) in [5.74, 6) is 0.0150. The fourth-order valence-corrected chi connectivity index (χ4v) is 3.37. The molecule has 0 bridgehead atoms. The lowest BCUT2D eigenvalue weighted by Gasteiger charge is -2.28. The molecule has 5 nitrogen and oxygen atoms in total. The van der Waals surface area contributed by atoms with Crippen LogP contribution in [0.25, 0.3) is 0 Å². The molecule has 1 aliphatic heterocycles. The fourth-order valence-electron chi connectivity index (χ4n) is 3.37. The minimum Gasteiger partial charge on any atom is -0.340 e. The van der Waals surface area contributed by atoms with Crippen LogP contribution in [-0.2, 0) is 4.79 Å². The largest absolute Gasteiger partial charge is 0.340 e. The van der Waals surface area contributed by atoms with E-state index in [1.807, 2.05) is 0 Å². The number of amides is 1. The molecule has 132 valence electrons. The average Bonchev–Trinajstić information content (AvgIpc) is 3.05. The first-order valence-corrected chi connectivity index (χ1v) is 8.89. The molecule has 25 heavy (non-hydrogen) atoms. The Hall–Kier alpha value is -2.37. The van der Waals surface area contributed by atoms with Crippen LogP contribution in [0.1, 0.15) is 48.4 Å². The second-order valence-corrected chi connectivity index (χ2v) is 6.67. The monoisotopic (exact) mass is 338 g/mol. The summed E-state index contributed by atoms with van der Waals surface area (Å²) in [6.45, 7) is 6.30. The van der Waals surface area contributed by atoms with Crippen molar-refractivity contribution in [2.75, 3.05) is 26.2 Å². The van der Waals surface area contributed by atoms with Gasteiger partial charge in [0.15, 0.2) is 0 Å². The third-order valence-corrected chi connectivity index (χ3v) is 4.96. The molecule has 0 aromatic heterocycles. The fraction of sp³-hybridized carbons (Fsp3) is 0.550. The van der Waals surface area contributed by atoms with Crippen molar-refractivity contribution < 1.29 is 4.79 Å². The van der Waals surface area contributed by atoms with Gasteiger partial charge in [-0.05, 0) is 49.9 Å². The van der Waals surface area contributed by atoms with Gasteiger partial charge in [-0.1, -0.05) is 18.2 Å². The maximum atomic E-state index is 12.7. The zero-order chi connectivity index (χ0) is 18.2. The molecule has 1 aromatic rings. The topological polar surface area (TPSA) is 71.1 Å². The maximum Gasteiger partial charge on any atom is 0.236 e. The standard InChI is InChI=1S/C20H26N4O/c1-16-7-8-18(14-17(16)2)19-6-3-11-24(19)15-20(25)23(12-4-9-21)13-5-10-22/h7-8,14,19H,3-6,11-13,15H2,1-2H3. The molecule has 5 heteroatoms. The van der Waals surface area contributed by atoms with E-state index in [-0.39, 0.29) is 11.9 Å². The smallest absolute Gasteiger partial charge is 0.236 e. The molecule has 1 aliphatic rings. The summed E-state index contributed by atoms with van der Waals surface area (Å²) in [4.78, 5) is 16.6. The molecule has 1 atom stereocenters. The summed E-state index contributed by atoms with van der Waals surface area (Å²) in [5.41, 5.74) is 3.83. The number of rotatable bonds is 7. The van der Waals surface area contributed by atoms with Gasteiger partial charge in [-0.2, -0.15) is 10.5 Å². The summed E-state index contributed by atoms with van der Waals surface area (Å²) in [6.07, 6.45) is 2.75. The van der Waals surface area contributed by atoms with Crippen molar-refractivity contribution in [3.8, 4) is 12.1 Å². The van der Waals surface area contributed by atoms with Gasteiger partial charge in [-0.3, -0.25) is 9.69 Å². The normalized spacial score (nSPS) is 17.0. The van der Waals surface area contributed by atoms with Crippen LogP contribution in [-0.4, -0.2) is 41.9 Å². The summed E-state index contributed by atoms with van der Waals surface area (Å²) in [5, 5.41) is 17.6. The summed E-state index contributed by atoms with van der Waals surface area (Å²) in [7, 11) is 0. The van der Waals surface area contributed by atoms with Gasteiger partial charge in [0.05, 0.1) is 31.5 Å². The van der Waals surface area contributed by atoms with Gasteiger partial charge in [0, 0.05) is 19.1 Å². The number of benzene rings is 1. The van der Waals surface area contributed by atoms with Gasteiger partial charge < -0.3 is 4.90 Å². The molecule has 1 heterocycles. The first-order chi connectivity index (χ1) is 12.1. The van der Waals surface area contributed by atoms with Crippen molar-refractivity contribution in [2.45, 2.75) is 45.6 Å². The number of nitrogens with zero attached hydrogens (tertiary/aromatic N) is 4. The number of carbonyl (C=O) groups excluding carboxylic acids is 1. The van der Waals surface area contributed by atoms with Gasteiger partial charge in [-0.15, -0.1) is 0 Å². The third kappa shape index (κ3) is 5.05. The Labute approximate surface area is 150 Å². The summed E-state index contributed by atoms with van der Waals surface area (Å²) >= 11 is 0. The molecule has 1 unspecified atom stereocenters. The molecule has 1 fully saturated rings. The van der Waals surface area contributed by atoms with Crippen LogP contribution in [0.5, 0.6) is 0 Å². The van der Waals surface area contributed by atoms with Crippen molar-refractivity contribution in [3.05, 3.63) is 34.9 Å². The van der Waals surface area contributed by atoms with Crippen LogP contribution in [0.15, 0.2) is 18.2 Å². The first kappa shape index (κ1) is 19.0. The molecule has 0 N–H and O–H groups in total. The number of aryl methyl sites for hydroxylation is 2. The van der Waals surface area contributed by atoms with Crippen LogP contribution in [0.3, 0.4) is 0 Å². The van der Waals surface area contributed by atoms with Gasteiger partial charge >= 0.3 is 0 Å². The molecular weight excluding hydrogens is 312 g/mol. The van der Waals surface area contributed by atoms with E-state index in [1.165, 1.54) is 16.7 Å². The number of carbonyl (C=O) groups is 1. The summed E-state index contributed by atoms with van der Waals surface area (Å²) in [6, 6.07) is 11.0. The van der Waals surface area contributed by atoms with E-state index in [0.717, 1.165) is 19.4 Å². The SMILES string of the molecule is Cc1ccc(C2CCCN2CC(=O)N(CCC#N)CCC#N)cc1C. The van der Waals surface area contributed by atoms with Crippen molar-refractivity contribution in [3.63, 3.8) is 0 Å². The van der Waals surface area contributed by atoms with E-state index in [9.17, 15) is 4.79 Å². The molecule has 1 saturated heterocycles. The molecule has 0 spiro atoms. The van der Waals surface area contributed by atoms with E-state index in [0.29, 0.717) is 32.5 Å². The van der Waals surface area contributed by atoms with Gasteiger partial charge in [-0.25, -0.2) is 0 Å². The number of hydrogen-bond donors (Lipinski definition) is 0. The molecular formula is C20H26N4O. The average molecular weight is 338 g/mol. The van der Waals surface area contributed by atoms with Crippen molar-refractivity contribution in [2.24, 2.45) is 0 Å². The highest BCUT2D eigenvalue weighted by molar-refractivity contribution is 5.78. The first-order valence-electron chi connectivity index (χ1n) is 8.89. The Kier molecular flexibility index (Phi) is 6.98. The van der Waals surface area contributed by atoms with E-state index in [1.54, 1.807) is 4.90 Å². The lowest BCUT2D eigenvalue weighted by Crippen LogP contribution is -2.41. The molecule has 0 saturated carbocycles. The zero-order valence-electron chi connectivity index (χ0n) is 15.2.